The van der Waals surface area contributed by atoms with E-state index in [4.69, 9.17) is 0 Å². The summed E-state index contributed by atoms with van der Waals surface area (Å²) in [5, 5.41) is 0. The van der Waals surface area contributed by atoms with Crippen molar-refractivity contribution in [2.24, 2.45) is 0 Å². The third kappa shape index (κ3) is 5.12. The van der Waals surface area contributed by atoms with Crippen molar-refractivity contribution in [3.8, 4) is 0 Å². The highest BCUT2D eigenvalue weighted by Gasteiger charge is 2.30. The van der Waals surface area contributed by atoms with Gasteiger partial charge in [-0.3, -0.25) is 0 Å². The smallest absolute Gasteiger partial charge is 0.311 e. The van der Waals surface area contributed by atoms with E-state index in [0.717, 1.165) is 23.9 Å². The molecule has 0 spiro atoms. The normalized spacial score (nSPS) is 13.3. The molecule has 0 aromatic heterocycles. The van der Waals surface area contributed by atoms with Gasteiger partial charge in [0.25, 0.3) is 0 Å². The second kappa shape index (κ2) is 8.56. The molecule has 0 saturated heterocycles. The van der Waals surface area contributed by atoms with E-state index in [1.165, 1.54) is 6.08 Å². The van der Waals surface area contributed by atoms with Gasteiger partial charge in [0.2, 0.25) is 0 Å². The van der Waals surface area contributed by atoms with Crippen molar-refractivity contribution in [1.82, 2.24) is 0 Å². The first-order valence-corrected chi connectivity index (χ1v) is 8.33. The van der Waals surface area contributed by atoms with Crippen molar-refractivity contribution in [3.05, 3.63) is 95.7 Å². The van der Waals surface area contributed by atoms with Crippen molar-refractivity contribution in [3.63, 3.8) is 0 Å². The van der Waals surface area contributed by atoms with Crippen LogP contribution in [-0.4, -0.2) is 6.18 Å². The Balaban J connectivity index is 2.64. The third-order valence-electron chi connectivity index (χ3n) is 3.84. The number of rotatable bonds is 5. The molecule has 0 saturated carbocycles. The van der Waals surface area contributed by atoms with Gasteiger partial charge in [-0.05, 0) is 57.2 Å². The van der Waals surface area contributed by atoms with Gasteiger partial charge in [-0.25, -0.2) is 0 Å². The van der Waals surface area contributed by atoms with Crippen LogP contribution in [0.3, 0.4) is 0 Å². The molecule has 2 aromatic carbocycles. The molecule has 2 rings (SSSR count). The SMILES string of the molecule is C\C=C/C=C(\C=C(/C)C(F)(F)F)N(c1ccccc1)c1ccc(C)cc1. The quantitative estimate of drug-likeness (QED) is 0.516. The molecule has 26 heavy (non-hydrogen) atoms. The lowest BCUT2D eigenvalue weighted by atomic mass is 10.1. The molecule has 0 atom stereocenters. The Bertz CT molecular complexity index is 798. The lowest BCUT2D eigenvalue weighted by molar-refractivity contribution is -0.0913. The van der Waals surface area contributed by atoms with Crippen LogP contribution in [0.2, 0.25) is 0 Å². The van der Waals surface area contributed by atoms with E-state index in [0.29, 0.717) is 5.70 Å². The molecule has 0 unspecified atom stereocenters. The average Bonchev–Trinajstić information content (AvgIpc) is 2.61. The molecule has 0 aliphatic carbocycles. The molecule has 0 aliphatic rings. The molecule has 0 N–H and O–H groups in total. The zero-order valence-corrected chi connectivity index (χ0v) is 15.1. The minimum Gasteiger partial charge on any atom is -0.311 e. The van der Waals surface area contributed by atoms with Crippen molar-refractivity contribution in [2.45, 2.75) is 26.9 Å². The van der Waals surface area contributed by atoms with Gasteiger partial charge in [-0.1, -0.05) is 48.0 Å². The summed E-state index contributed by atoms with van der Waals surface area (Å²) >= 11 is 0. The first-order chi connectivity index (χ1) is 12.3. The van der Waals surface area contributed by atoms with Gasteiger partial charge in [-0.15, -0.1) is 0 Å². The number of anilines is 2. The average molecular weight is 357 g/mol. The number of nitrogens with zero attached hydrogens (tertiary/aromatic N) is 1. The fraction of sp³-hybridized carbons (Fsp3) is 0.182. The van der Waals surface area contributed by atoms with E-state index in [1.54, 1.807) is 18.2 Å². The van der Waals surface area contributed by atoms with Crippen LogP contribution in [0.25, 0.3) is 0 Å². The van der Waals surface area contributed by atoms with E-state index < -0.39 is 11.7 Å². The van der Waals surface area contributed by atoms with Gasteiger partial charge in [0.1, 0.15) is 0 Å². The maximum atomic E-state index is 13.1. The first-order valence-electron chi connectivity index (χ1n) is 8.33. The Labute approximate surface area is 152 Å². The molecule has 4 heteroatoms. The summed E-state index contributed by atoms with van der Waals surface area (Å²) < 4.78 is 39.4. The molecule has 0 heterocycles. The lowest BCUT2D eigenvalue weighted by Gasteiger charge is -2.27. The number of halogens is 3. The topological polar surface area (TPSA) is 3.24 Å². The number of hydrogen-bond acceptors (Lipinski definition) is 1. The Kier molecular flexibility index (Phi) is 6.45. The van der Waals surface area contributed by atoms with Crippen molar-refractivity contribution >= 4 is 11.4 Å². The monoisotopic (exact) mass is 357 g/mol. The minimum atomic E-state index is -4.37. The summed E-state index contributed by atoms with van der Waals surface area (Å²) in [6.45, 7) is 4.88. The number of hydrogen-bond donors (Lipinski definition) is 0. The molecule has 0 fully saturated rings. The maximum absolute atomic E-state index is 13.1. The van der Waals surface area contributed by atoms with Crippen molar-refractivity contribution < 1.29 is 13.2 Å². The number of benzene rings is 2. The van der Waals surface area contributed by atoms with E-state index >= 15 is 0 Å². The van der Waals surface area contributed by atoms with Gasteiger partial charge in [0, 0.05) is 22.6 Å². The highest BCUT2D eigenvalue weighted by molar-refractivity contribution is 5.70. The van der Waals surface area contributed by atoms with Crippen LogP contribution in [0.1, 0.15) is 19.4 Å². The van der Waals surface area contributed by atoms with Crippen LogP contribution in [0.4, 0.5) is 24.5 Å². The van der Waals surface area contributed by atoms with Crippen LogP contribution in [0.15, 0.2) is 90.2 Å². The molecule has 2 aromatic rings. The van der Waals surface area contributed by atoms with E-state index in [9.17, 15) is 13.2 Å². The number of para-hydroxylation sites is 1. The predicted molar refractivity (Wildman–Crippen MR) is 102 cm³/mol. The summed E-state index contributed by atoms with van der Waals surface area (Å²) in [6, 6.07) is 17.1. The molecule has 0 radical (unpaired) electrons. The van der Waals surface area contributed by atoms with Crippen LogP contribution < -0.4 is 4.90 Å². The van der Waals surface area contributed by atoms with Crippen molar-refractivity contribution in [2.75, 3.05) is 4.90 Å². The van der Waals surface area contributed by atoms with Crippen LogP contribution >= 0.6 is 0 Å². The van der Waals surface area contributed by atoms with Crippen LogP contribution in [0, 0.1) is 6.92 Å². The van der Waals surface area contributed by atoms with E-state index in [1.807, 2.05) is 73.3 Å². The third-order valence-corrected chi connectivity index (χ3v) is 3.84. The summed E-state index contributed by atoms with van der Waals surface area (Å²) in [5.41, 5.74) is 2.46. The number of allylic oxidation sites excluding steroid dienone is 5. The van der Waals surface area contributed by atoms with Crippen LogP contribution in [-0.2, 0) is 0 Å². The largest absolute Gasteiger partial charge is 0.412 e. The molecule has 0 aliphatic heterocycles. The molecular weight excluding hydrogens is 335 g/mol. The van der Waals surface area contributed by atoms with Gasteiger partial charge in [0.05, 0.1) is 0 Å². The molecule has 1 nitrogen and oxygen atoms in total. The summed E-state index contributed by atoms with van der Waals surface area (Å²) in [4.78, 5) is 1.81. The zero-order chi connectivity index (χ0) is 19.2. The highest BCUT2D eigenvalue weighted by atomic mass is 19.4. The molecular formula is C22H22F3N. The highest BCUT2D eigenvalue weighted by Crippen LogP contribution is 2.33. The number of alkyl halides is 3. The van der Waals surface area contributed by atoms with E-state index in [2.05, 4.69) is 0 Å². The Morgan fingerprint density at radius 3 is 2.04 bits per heavy atom. The summed E-state index contributed by atoms with van der Waals surface area (Å²) in [5.74, 6) is 0. The minimum absolute atomic E-state index is 0.438. The lowest BCUT2D eigenvalue weighted by Crippen LogP contribution is -2.17. The van der Waals surface area contributed by atoms with Crippen LogP contribution in [0.5, 0.6) is 0 Å². The zero-order valence-electron chi connectivity index (χ0n) is 15.1. The van der Waals surface area contributed by atoms with E-state index in [-0.39, 0.29) is 0 Å². The van der Waals surface area contributed by atoms with Gasteiger partial charge >= 0.3 is 6.18 Å². The Hall–Kier alpha value is -2.75. The van der Waals surface area contributed by atoms with Gasteiger partial charge in [0.15, 0.2) is 0 Å². The van der Waals surface area contributed by atoms with Crippen molar-refractivity contribution in [1.29, 1.82) is 0 Å². The molecule has 0 bridgehead atoms. The number of aryl methyl sites for hydroxylation is 1. The van der Waals surface area contributed by atoms with Gasteiger partial charge in [-0.2, -0.15) is 13.2 Å². The summed E-state index contributed by atoms with van der Waals surface area (Å²) in [6.07, 6.45) is 2.01. The fourth-order valence-corrected chi connectivity index (χ4v) is 2.40. The first kappa shape index (κ1) is 19.6. The summed E-state index contributed by atoms with van der Waals surface area (Å²) in [7, 11) is 0. The maximum Gasteiger partial charge on any atom is 0.412 e. The second-order valence-corrected chi connectivity index (χ2v) is 5.95. The fourth-order valence-electron chi connectivity index (χ4n) is 2.40. The standard InChI is InChI=1S/C22H22F3N/c1-4-5-9-21(16-18(3)22(23,24)25)26(19-10-7-6-8-11-19)20-14-12-17(2)13-15-20/h4-16H,1-3H3/b5-4-,18-16+,21-9+. The predicted octanol–water partition coefficient (Wildman–Crippen LogP) is 7.10. The van der Waals surface area contributed by atoms with Gasteiger partial charge < -0.3 is 4.90 Å². The Morgan fingerprint density at radius 1 is 0.923 bits per heavy atom. The molecule has 0 amide bonds. The second-order valence-electron chi connectivity index (χ2n) is 5.95. The Morgan fingerprint density at radius 2 is 1.50 bits per heavy atom. The molecule has 136 valence electrons.